The van der Waals surface area contributed by atoms with Gasteiger partial charge in [-0.05, 0) is 36.2 Å². The number of carbonyl (C=O) groups excluding carboxylic acids is 1. The Labute approximate surface area is 192 Å². The lowest BCUT2D eigenvalue weighted by atomic mass is 9.97. The predicted octanol–water partition coefficient (Wildman–Crippen LogP) is 3.42. The number of nitrogen functional groups attached to an aromatic ring is 1. The van der Waals surface area contributed by atoms with E-state index >= 15 is 0 Å². The number of hydrogen-bond acceptors (Lipinski definition) is 7. The maximum absolute atomic E-state index is 13.7. The molecule has 0 spiro atoms. The molecule has 34 heavy (non-hydrogen) atoms. The minimum atomic E-state index is -4.57. The molecule has 0 radical (unpaired) electrons. The van der Waals surface area contributed by atoms with Crippen molar-refractivity contribution in [2.45, 2.75) is 39.0 Å². The summed E-state index contributed by atoms with van der Waals surface area (Å²) >= 11 is 0. The third-order valence-electron chi connectivity index (χ3n) is 6.25. The largest absolute Gasteiger partial charge is 0.433 e. The van der Waals surface area contributed by atoms with Gasteiger partial charge in [0.2, 0.25) is 0 Å². The summed E-state index contributed by atoms with van der Waals surface area (Å²) in [7, 11) is 1.58. The molecule has 2 aliphatic heterocycles. The summed E-state index contributed by atoms with van der Waals surface area (Å²) in [6.07, 6.45) is -4.57. The molecule has 11 heteroatoms. The molecule has 2 aromatic heterocycles. The second-order valence-electron chi connectivity index (χ2n) is 8.29. The maximum atomic E-state index is 13.7. The van der Waals surface area contributed by atoms with Crippen LogP contribution < -0.4 is 11.2 Å². The summed E-state index contributed by atoms with van der Waals surface area (Å²) in [5.74, 6) is 0.0600. The number of rotatable bonds is 3. The van der Waals surface area contributed by atoms with Crippen molar-refractivity contribution in [3.05, 3.63) is 63.5 Å². The average Bonchev–Trinajstić information content (AvgIpc) is 3.29. The fourth-order valence-electron chi connectivity index (χ4n) is 4.54. The van der Waals surface area contributed by atoms with Gasteiger partial charge >= 0.3 is 6.18 Å². The minimum Gasteiger partial charge on any atom is -0.383 e. The first-order valence-electron chi connectivity index (χ1n) is 10.6. The number of halogens is 3. The molecule has 1 aromatic carbocycles. The molecule has 1 amide bonds. The number of benzene rings is 1. The SMILES string of the molecule is CNN(C(=O)c1cc2c3c(c(N)nc2cc1C)COC3)C1COCc2nc(C(F)(F)F)ccc21. The Bertz CT molecular complexity index is 1310. The van der Waals surface area contributed by atoms with Crippen LogP contribution in [0.4, 0.5) is 19.0 Å². The van der Waals surface area contributed by atoms with Gasteiger partial charge < -0.3 is 15.2 Å². The number of hydrogen-bond donors (Lipinski definition) is 2. The molecular weight excluding hydrogens is 451 g/mol. The number of aromatic nitrogens is 2. The third-order valence-corrected chi connectivity index (χ3v) is 6.25. The van der Waals surface area contributed by atoms with Crippen molar-refractivity contribution in [3.8, 4) is 0 Å². The third kappa shape index (κ3) is 3.65. The lowest BCUT2D eigenvalue weighted by Gasteiger charge is -2.35. The topological polar surface area (TPSA) is 103 Å². The molecule has 0 fully saturated rings. The number of nitrogens with zero attached hydrogens (tertiary/aromatic N) is 3. The van der Waals surface area contributed by atoms with Gasteiger partial charge in [0.1, 0.15) is 11.5 Å². The van der Waals surface area contributed by atoms with Crippen molar-refractivity contribution in [2.24, 2.45) is 0 Å². The fourth-order valence-corrected chi connectivity index (χ4v) is 4.54. The molecule has 1 unspecified atom stereocenters. The van der Waals surface area contributed by atoms with Crippen LogP contribution in [0.1, 0.15) is 50.0 Å². The number of fused-ring (bicyclic) bond motifs is 4. The summed E-state index contributed by atoms with van der Waals surface area (Å²) in [6.45, 7) is 2.59. The standard InChI is InChI=1S/C23H22F3N5O3/c1-11-5-17-14(15-7-33-8-16(15)21(27)30-17)6-13(11)22(32)31(28-2)19-10-34-9-18-12(19)3-4-20(29-18)23(24,25)26/h3-6,19,28H,7-10H2,1-2H3,(H2,27,30). The molecule has 178 valence electrons. The zero-order valence-electron chi connectivity index (χ0n) is 18.5. The second-order valence-corrected chi connectivity index (χ2v) is 8.29. The highest BCUT2D eigenvalue weighted by Crippen LogP contribution is 2.35. The van der Waals surface area contributed by atoms with Gasteiger partial charge in [0, 0.05) is 29.1 Å². The van der Waals surface area contributed by atoms with Crippen LogP contribution in [0.5, 0.6) is 0 Å². The number of hydrazine groups is 1. The van der Waals surface area contributed by atoms with Gasteiger partial charge in [0.15, 0.2) is 0 Å². The number of anilines is 1. The van der Waals surface area contributed by atoms with E-state index in [1.807, 2.05) is 0 Å². The number of alkyl halides is 3. The molecule has 0 saturated carbocycles. The van der Waals surface area contributed by atoms with Gasteiger partial charge in [-0.25, -0.2) is 15.4 Å². The first-order chi connectivity index (χ1) is 16.2. The lowest BCUT2D eigenvalue weighted by molar-refractivity contribution is -0.141. The van der Waals surface area contributed by atoms with E-state index in [0.29, 0.717) is 41.2 Å². The summed E-state index contributed by atoms with van der Waals surface area (Å²) in [5, 5.41) is 2.14. The van der Waals surface area contributed by atoms with Gasteiger partial charge in [-0.3, -0.25) is 9.80 Å². The van der Waals surface area contributed by atoms with Crippen molar-refractivity contribution in [2.75, 3.05) is 19.4 Å². The second kappa shape index (κ2) is 8.19. The van der Waals surface area contributed by atoms with E-state index in [4.69, 9.17) is 15.2 Å². The first-order valence-corrected chi connectivity index (χ1v) is 10.6. The zero-order chi connectivity index (χ0) is 24.2. The van der Waals surface area contributed by atoms with Gasteiger partial charge in [0.05, 0.1) is 43.7 Å². The van der Waals surface area contributed by atoms with E-state index in [1.54, 1.807) is 26.1 Å². The molecular formula is C23H22F3N5O3. The van der Waals surface area contributed by atoms with Crippen LogP contribution in [0, 0.1) is 6.92 Å². The lowest BCUT2D eigenvalue weighted by Crippen LogP contribution is -2.46. The minimum absolute atomic E-state index is 0.0598. The van der Waals surface area contributed by atoms with E-state index in [9.17, 15) is 18.0 Å². The number of carbonyl (C=O) groups is 1. The Morgan fingerprint density at radius 1 is 1.15 bits per heavy atom. The van der Waals surface area contributed by atoms with Crippen LogP contribution in [-0.4, -0.2) is 34.5 Å². The monoisotopic (exact) mass is 473 g/mol. The number of nitrogens with one attached hydrogen (secondary N) is 1. The molecule has 3 aromatic rings. The van der Waals surface area contributed by atoms with E-state index in [-0.39, 0.29) is 24.8 Å². The Balaban J connectivity index is 1.55. The van der Waals surface area contributed by atoms with Crippen molar-refractivity contribution >= 4 is 22.6 Å². The quantitative estimate of drug-likeness (QED) is 0.562. The smallest absolute Gasteiger partial charge is 0.383 e. The molecule has 8 nitrogen and oxygen atoms in total. The Morgan fingerprint density at radius 2 is 1.91 bits per heavy atom. The highest BCUT2D eigenvalue weighted by Gasteiger charge is 2.36. The van der Waals surface area contributed by atoms with Gasteiger partial charge in [-0.15, -0.1) is 0 Å². The number of pyridine rings is 2. The Morgan fingerprint density at radius 3 is 2.65 bits per heavy atom. The zero-order valence-corrected chi connectivity index (χ0v) is 18.5. The molecule has 0 bridgehead atoms. The molecule has 5 rings (SSSR count). The van der Waals surface area contributed by atoms with Crippen LogP contribution in [0.25, 0.3) is 10.9 Å². The van der Waals surface area contributed by atoms with E-state index in [0.717, 1.165) is 22.6 Å². The van der Waals surface area contributed by atoms with E-state index < -0.39 is 17.9 Å². The summed E-state index contributed by atoms with van der Waals surface area (Å²) in [4.78, 5) is 21.9. The number of ether oxygens (including phenoxy) is 2. The number of nitrogens with two attached hydrogens (primary N) is 1. The number of aryl methyl sites for hydroxylation is 1. The normalized spacial score (nSPS) is 17.5. The molecule has 0 saturated heterocycles. The molecule has 3 N–H and O–H groups in total. The van der Waals surface area contributed by atoms with Gasteiger partial charge in [-0.1, -0.05) is 6.07 Å². The highest BCUT2D eigenvalue weighted by atomic mass is 19.4. The highest BCUT2D eigenvalue weighted by molar-refractivity contribution is 6.00. The van der Waals surface area contributed by atoms with Crippen LogP contribution in [0.3, 0.4) is 0 Å². The maximum Gasteiger partial charge on any atom is 0.433 e. The molecule has 1 atom stereocenters. The summed E-state index contributed by atoms with van der Waals surface area (Å²) in [6, 6.07) is 5.20. The average molecular weight is 473 g/mol. The van der Waals surface area contributed by atoms with Crippen molar-refractivity contribution < 1.29 is 27.4 Å². The van der Waals surface area contributed by atoms with E-state index in [1.165, 1.54) is 11.1 Å². The molecule has 4 heterocycles. The van der Waals surface area contributed by atoms with E-state index in [2.05, 4.69) is 15.4 Å². The van der Waals surface area contributed by atoms with Gasteiger partial charge in [0.25, 0.3) is 5.91 Å². The Kier molecular flexibility index (Phi) is 5.42. The first kappa shape index (κ1) is 22.5. The van der Waals surface area contributed by atoms with Crippen molar-refractivity contribution in [1.29, 1.82) is 0 Å². The van der Waals surface area contributed by atoms with Gasteiger partial charge in [-0.2, -0.15) is 13.2 Å². The van der Waals surface area contributed by atoms with Crippen molar-refractivity contribution in [3.63, 3.8) is 0 Å². The van der Waals surface area contributed by atoms with Crippen LogP contribution in [-0.2, 0) is 35.5 Å². The fraction of sp³-hybridized carbons (Fsp3) is 0.348. The van der Waals surface area contributed by atoms with Crippen LogP contribution >= 0.6 is 0 Å². The van der Waals surface area contributed by atoms with Crippen LogP contribution in [0.2, 0.25) is 0 Å². The summed E-state index contributed by atoms with van der Waals surface area (Å²) < 4.78 is 50.4. The Hall–Kier alpha value is -3.28. The van der Waals surface area contributed by atoms with Crippen LogP contribution in [0.15, 0.2) is 24.3 Å². The molecule has 0 aliphatic carbocycles. The number of amides is 1. The summed E-state index contributed by atoms with van der Waals surface area (Å²) in [5.41, 5.74) is 12.1. The van der Waals surface area contributed by atoms with Crippen molar-refractivity contribution in [1.82, 2.24) is 20.4 Å². The molecule has 2 aliphatic rings. The predicted molar refractivity (Wildman–Crippen MR) is 116 cm³/mol.